The predicted octanol–water partition coefficient (Wildman–Crippen LogP) is 3.26. The molecule has 1 saturated heterocycles. The molecule has 6 heteroatoms. The maximum absolute atomic E-state index is 12.8. The van der Waals surface area contributed by atoms with E-state index < -0.39 is 0 Å². The van der Waals surface area contributed by atoms with Crippen LogP contribution in [0.2, 0.25) is 5.02 Å². The molecule has 0 aliphatic carbocycles. The number of ether oxygens (including phenoxy) is 1. The van der Waals surface area contributed by atoms with Crippen LogP contribution in [0.1, 0.15) is 26.3 Å². The van der Waals surface area contributed by atoms with Gasteiger partial charge in [0.25, 0.3) is 11.8 Å². The van der Waals surface area contributed by atoms with E-state index in [1.165, 1.54) is 0 Å². The molecule has 1 heterocycles. The van der Waals surface area contributed by atoms with Crippen LogP contribution in [0.15, 0.2) is 42.5 Å². The van der Waals surface area contributed by atoms with Gasteiger partial charge in [0.1, 0.15) is 5.75 Å². The summed E-state index contributed by atoms with van der Waals surface area (Å²) in [6.45, 7) is 3.90. The van der Waals surface area contributed by atoms with Crippen LogP contribution in [0.25, 0.3) is 0 Å². The van der Waals surface area contributed by atoms with E-state index in [1.807, 2.05) is 25.1 Å². The SMILES string of the molecule is COc1ccc(C)cc1C(=O)N1CCN(C(=O)c2cccc(Cl)c2)CC1. The minimum atomic E-state index is -0.0691. The molecule has 0 aromatic heterocycles. The lowest BCUT2D eigenvalue weighted by Gasteiger charge is -2.35. The van der Waals surface area contributed by atoms with Crippen molar-refractivity contribution in [3.05, 3.63) is 64.2 Å². The van der Waals surface area contributed by atoms with Crippen molar-refractivity contribution in [2.24, 2.45) is 0 Å². The molecular weight excluding hydrogens is 352 g/mol. The number of carbonyl (C=O) groups is 2. The number of carbonyl (C=O) groups excluding carboxylic acids is 2. The zero-order valence-electron chi connectivity index (χ0n) is 14.9. The van der Waals surface area contributed by atoms with Gasteiger partial charge in [-0.1, -0.05) is 29.3 Å². The molecule has 0 spiro atoms. The first kappa shape index (κ1) is 18.3. The van der Waals surface area contributed by atoms with Gasteiger partial charge < -0.3 is 14.5 Å². The highest BCUT2D eigenvalue weighted by molar-refractivity contribution is 6.30. The molecule has 0 saturated carbocycles. The summed E-state index contributed by atoms with van der Waals surface area (Å²) in [7, 11) is 1.56. The first-order valence-electron chi connectivity index (χ1n) is 8.48. The summed E-state index contributed by atoms with van der Waals surface area (Å²) in [6, 6.07) is 12.5. The first-order valence-corrected chi connectivity index (χ1v) is 8.86. The molecule has 136 valence electrons. The number of hydrogen-bond acceptors (Lipinski definition) is 3. The predicted molar refractivity (Wildman–Crippen MR) is 101 cm³/mol. The second-order valence-corrected chi connectivity index (χ2v) is 6.73. The van der Waals surface area contributed by atoms with Crippen LogP contribution in [0.3, 0.4) is 0 Å². The number of benzene rings is 2. The molecule has 0 N–H and O–H groups in total. The van der Waals surface area contributed by atoms with Crippen molar-refractivity contribution >= 4 is 23.4 Å². The van der Waals surface area contributed by atoms with Crippen molar-refractivity contribution in [1.29, 1.82) is 0 Å². The van der Waals surface area contributed by atoms with Crippen LogP contribution < -0.4 is 4.74 Å². The van der Waals surface area contributed by atoms with Crippen LogP contribution in [0.4, 0.5) is 0 Å². The lowest BCUT2D eigenvalue weighted by atomic mass is 10.1. The van der Waals surface area contributed by atoms with Gasteiger partial charge >= 0.3 is 0 Å². The van der Waals surface area contributed by atoms with E-state index in [9.17, 15) is 9.59 Å². The fourth-order valence-electron chi connectivity index (χ4n) is 3.08. The van der Waals surface area contributed by atoms with Crippen LogP contribution in [0.5, 0.6) is 5.75 Å². The quantitative estimate of drug-likeness (QED) is 0.831. The second-order valence-electron chi connectivity index (χ2n) is 6.30. The highest BCUT2D eigenvalue weighted by atomic mass is 35.5. The van der Waals surface area contributed by atoms with Gasteiger partial charge in [-0.15, -0.1) is 0 Å². The van der Waals surface area contributed by atoms with E-state index in [4.69, 9.17) is 16.3 Å². The molecule has 2 aromatic carbocycles. The molecule has 1 aliphatic rings. The van der Waals surface area contributed by atoms with E-state index in [0.717, 1.165) is 5.56 Å². The number of nitrogens with zero attached hydrogens (tertiary/aromatic N) is 2. The van der Waals surface area contributed by atoms with Gasteiger partial charge in [-0.3, -0.25) is 9.59 Å². The second kappa shape index (κ2) is 7.79. The van der Waals surface area contributed by atoms with Crippen LogP contribution >= 0.6 is 11.6 Å². The zero-order valence-corrected chi connectivity index (χ0v) is 15.6. The van der Waals surface area contributed by atoms with Crippen LogP contribution in [-0.4, -0.2) is 54.9 Å². The Morgan fingerprint density at radius 2 is 1.62 bits per heavy atom. The third kappa shape index (κ3) is 3.83. The molecule has 3 rings (SSSR count). The molecule has 0 bridgehead atoms. The average Bonchev–Trinajstić information content (AvgIpc) is 2.67. The van der Waals surface area contributed by atoms with E-state index >= 15 is 0 Å². The standard InChI is InChI=1S/C20H21ClN2O3/c1-14-6-7-18(26-2)17(12-14)20(25)23-10-8-22(9-11-23)19(24)15-4-3-5-16(21)13-15/h3-7,12-13H,8-11H2,1-2H3. The number of hydrogen-bond donors (Lipinski definition) is 0. The number of aryl methyl sites for hydroxylation is 1. The molecule has 5 nitrogen and oxygen atoms in total. The maximum atomic E-state index is 12.8. The lowest BCUT2D eigenvalue weighted by molar-refractivity contribution is 0.0533. The molecule has 0 atom stereocenters. The van der Waals surface area contributed by atoms with Crippen molar-refractivity contribution in [1.82, 2.24) is 9.80 Å². The van der Waals surface area contributed by atoms with Gasteiger partial charge in [0.05, 0.1) is 12.7 Å². The monoisotopic (exact) mass is 372 g/mol. The molecule has 2 amide bonds. The van der Waals surface area contributed by atoms with E-state index in [2.05, 4.69) is 0 Å². The highest BCUT2D eigenvalue weighted by Gasteiger charge is 2.27. The Morgan fingerprint density at radius 3 is 2.23 bits per heavy atom. The Balaban J connectivity index is 1.68. The van der Waals surface area contributed by atoms with Gasteiger partial charge in [-0.2, -0.15) is 0 Å². The van der Waals surface area contributed by atoms with Crippen molar-refractivity contribution in [3.8, 4) is 5.75 Å². The summed E-state index contributed by atoms with van der Waals surface area (Å²) in [5.74, 6) is 0.436. The molecule has 0 radical (unpaired) electrons. The number of halogens is 1. The molecular formula is C20H21ClN2O3. The summed E-state index contributed by atoms with van der Waals surface area (Å²) in [5.41, 5.74) is 2.13. The summed E-state index contributed by atoms with van der Waals surface area (Å²) in [6.07, 6.45) is 0. The molecule has 1 aliphatic heterocycles. The average molecular weight is 373 g/mol. The number of piperazine rings is 1. The fourth-order valence-corrected chi connectivity index (χ4v) is 3.27. The lowest BCUT2D eigenvalue weighted by Crippen LogP contribution is -2.50. The van der Waals surface area contributed by atoms with Crippen LogP contribution in [0, 0.1) is 6.92 Å². The summed E-state index contributed by atoms with van der Waals surface area (Å²) >= 11 is 5.97. The third-order valence-corrected chi connectivity index (χ3v) is 4.75. The first-order chi connectivity index (χ1) is 12.5. The Bertz CT molecular complexity index is 830. The normalized spacial score (nSPS) is 14.3. The third-order valence-electron chi connectivity index (χ3n) is 4.51. The molecule has 2 aromatic rings. The Kier molecular flexibility index (Phi) is 5.47. The van der Waals surface area contributed by atoms with Crippen molar-refractivity contribution in [3.63, 3.8) is 0 Å². The minimum absolute atomic E-state index is 0.0623. The van der Waals surface area contributed by atoms with Gasteiger partial charge in [-0.05, 0) is 37.3 Å². The number of methoxy groups -OCH3 is 1. The van der Waals surface area contributed by atoms with E-state index in [0.29, 0.717) is 48.1 Å². The highest BCUT2D eigenvalue weighted by Crippen LogP contribution is 2.22. The Hall–Kier alpha value is -2.53. The Morgan fingerprint density at radius 1 is 0.962 bits per heavy atom. The molecule has 1 fully saturated rings. The zero-order chi connectivity index (χ0) is 18.7. The van der Waals surface area contributed by atoms with E-state index in [-0.39, 0.29) is 11.8 Å². The van der Waals surface area contributed by atoms with Gasteiger partial charge in [-0.25, -0.2) is 0 Å². The number of rotatable bonds is 3. The smallest absolute Gasteiger partial charge is 0.257 e. The van der Waals surface area contributed by atoms with Crippen molar-refractivity contribution in [2.45, 2.75) is 6.92 Å². The Labute approximate surface area is 158 Å². The topological polar surface area (TPSA) is 49.9 Å². The summed E-state index contributed by atoms with van der Waals surface area (Å²) in [4.78, 5) is 29.0. The van der Waals surface area contributed by atoms with Gasteiger partial charge in [0.15, 0.2) is 0 Å². The molecule has 26 heavy (non-hydrogen) atoms. The van der Waals surface area contributed by atoms with Gasteiger partial charge in [0.2, 0.25) is 0 Å². The van der Waals surface area contributed by atoms with Gasteiger partial charge in [0, 0.05) is 36.8 Å². The van der Waals surface area contributed by atoms with E-state index in [1.54, 1.807) is 41.2 Å². The summed E-state index contributed by atoms with van der Waals surface area (Å²) in [5, 5.41) is 0.538. The maximum Gasteiger partial charge on any atom is 0.257 e. The van der Waals surface area contributed by atoms with Crippen molar-refractivity contribution in [2.75, 3.05) is 33.3 Å². The largest absolute Gasteiger partial charge is 0.496 e. The fraction of sp³-hybridized carbons (Fsp3) is 0.300. The molecule has 0 unspecified atom stereocenters. The van der Waals surface area contributed by atoms with Crippen LogP contribution in [-0.2, 0) is 0 Å². The number of amides is 2. The van der Waals surface area contributed by atoms with Crippen molar-refractivity contribution < 1.29 is 14.3 Å². The minimum Gasteiger partial charge on any atom is -0.496 e. The summed E-state index contributed by atoms with van der Waals surface area (Å²) < 4.78 is 5.32.